The Hall–Kier alpha value is -1.32. The minimum absolute atomic E-state index is 0.318. The highest BCUT2D eigenvalue weighted by Gasteiger charge is 2.23. The summed E-state index contributed by atoms with van der Waals surface area (Å²) in [7, 11) is 0. The van der Waals surface area contributed by atoms with Gasteiger partial charge in [-0.05, 0) is 43.9 Å². The Labute approximate surface area is 134 Å². The van der Waals surface area contributed by atoms with Gasteiger partial charge >= 0.3 is 0 Å². The number of hydrogen-bond acceptors (Lipinski definition) is 3. The van der Waals surface area contributed by atoms with Gasteiger partial charge in [0.1, 0.15) is 12.4 Å². The number of para-hydroxylation sites is 1. The van der Waals surface area contributed by atoms with E-state index in [0.29, 0.717) is 12.0 Å². The molecule has 0 aliphatic carbocycles. The number of ether oxygens (including phenoxy) is 1. The minimum atomic E-state index is -0.318. The normalized spacial score (nSPS) is 20.8. The molecule has 0 spiro atoms. The smallest absolute Gasteiger partial charge is 0.119 e. The van der Waals surface area contributed by atoms with Crippen molar-refractivity contribution in [3.05, 3.63) is 42.5 Å². The molecular weight excluding hydrogens is 274 g/mol. The fraction of sp³-hybridized carbons (Fsp3) is 0.579. The molecule has 0 bridgehead atoms. The van der Waals surface area contributed by atoms with Crippen molar-refractivity contribution in [3.63, 3.8) is 0 Å². The first-order valence-electron chi connectivity index (χ1n) is 8.41. The largest absolute Gasteiger partial charge is 0.492 e. The maximum Gasteiger partial charge on any atom is 0.119 e. The lowest BCUT2D eigenvalue weighted by molar-refractivity contribution is 0.181. The van der Waals surface area contributed by atoms with Gasteiger partial charge in [0.15, 0.2) is 0 Å². The van der Waals surface area contributed by atoms with Gasteiger partial charge in [-0.15, -0.1) is 0 Å². The Morgan fingerprint density at radius 1 is 1.32 bits per heavy atom. The third-order valence-corrected chi connectivity index (χ3v) is 4.10. The SMILES string of the molecule is CC(C)C[C@@H](O)/C=C/CN1CCC[C@H]1COc1ccccc1. The Bertz CT molecular complexity index is 444. The Balaban J connectivity index is 1.74. The van der Waals surface area contributed by atoms with Crippen LogP contribution in [-0.2, 0) is 0 Å². The number of hydrogen-bond donors (Lipinski definition) is 1. The molecule has 1 N–H and O–H groups in total. The van der Waals surface area contributed by atoms with Gasteiger partial charge in [0.05, 0.1) is 6.10 Å². The van der Waals surface area contributed by atoms with Crippen LogP contribution in [0.4, 0.5) is 0 Å². The highest BCUT2D eigenvalue weighted by atomic mass is 16.5. The van der Waals surface area contributed by atoms with Gasteiger partial charge in [-0.3, -0.25) is 4.90 Å². The minimum Gasteiger partial charge on any atom is -0.492 e. The van der Waals surface area contributed by atoms with Crippen molar-refractivity contribution in [2.24, 2.45) is 5.92 Å². The van der Waals surface area contributed by atoms with Crippen LogP contribution in [0.2, 0.25) is 0 Å². The van der Waals surface area contributed by atoms with Crippen molar-refractivity contribution in [3.8, 4) is 5.75 Å². The fourth-order valence-corrected chi connectivity index (χ4v) is 2.95. The summed E-state index contributed by atoms with van der Waals surface area (Å²) in [6.07, 6.45) is 6.97. The molecule has 2 atom stereocenters. The van der Waals surface area contributed by atoms with Crippen LogP contribution in [0.3, 0.4) is 0 Å². The lowest BCUT2D eigenvalue weighted by Crippen LogP contribution is -2.34. The number of likely N-dealkylation sites (tertiary alicyclic amines) is 1. The molecule has 1 fully saturated rings. The standard InChI is InChI=1S/C19H29NO2/c1-16(2)14-18(21)9-7-13-20-12-6-8-17(20)15-22-19-10-4-3-5-11-19/h3-5,7,9-11,16-18,21H,6,8,12-15H2,1-2H3/b9-7+/t17-,18-/m0/s1. The van der Waals surface area contributed by atoms with E-state index in [2.05, 4.69) is 24.8 Å². The first kappa shape index (κ1) is 17.0. The van der Waals surface area contributed by atoms with Crippen LogP contribution in [0.25, 0.3) is 0 Å². The molecule has 122 valence electrons. The molecule has 0 saturated carbocycles. The van der Waals surface area contributed by atoms with Gasteiger partial charge in [0, 0.05) is 12.6 Å². The van der Waals surface area contributed by atoms with Crippen molar-refractivity contribution in [2.75, 3.05) is 19.7 Å². The van der Waals surface area contributed by atoms with Crippen molar-refractivity contribution in [2.45, 2.75) is 45.3 Å². The maximum absolute atomic E-state index is 9.88. The van der Waals surface area contributed by atoms with Crippen LogP contribution in [0, 0.1) is 5.92 Å². The summed E-state index contributed by atoms with van der Waals surface area (Å²) in [5, 5.41) is 9.88. The van der Waals surface area contributed by atoms with Crippen molar-refractivity contribution in [1.82, 2.24) is 4.90 Å². The zero-order valence-corrected chi connectivity index (χ0v) is 13.8. The van der Waals surface area contributed by atoms with Gasteiger partial charge in [0.25, 0.3) is 0 Å². The average Bonchev–Trinajstić information content (AvgIpc) is 2.93. The van der Waals surface area contributed by atoms with E-state index in [0.717, 1.165) is 31.9 Å². The number of rotatable bonds is 8. The highest BCUT2D eigenvalue weighted by Crippen LogP contribution is 2.19. The van der Waals surface area contributed by atoms with Crippen LogP contribution in [0.15, 0.2) is 42.5 Å². The topological polar surface area (TPSA) is 32.7 Å². The predicted octanol–water partition coefficient (Wildman–Crippen LogP) is 3.49. The number of aliphatic hydroxyl groups is 1. The summed E-state index contributed by atoms with van der Waals surface area (Å²) in [5.74, 6) is 1.47. The molecular formula is C19H29NO2. The third kappa shape index (κ3) is 5.82. The third-order valence-electron chi connectivity index (χ3n) is 4.10. The first-order chi connectivity index (χ1) is 10.6. The molecule has 1 heterocycles. The molecule has 2 rings (SSSR count). The van der Waals surface area contributed by atoms with Crippen molar-refractivity contribution in [1.29, 1.82) is 0 Å². The van der Waals surface area contributed by atoms with Gasteiger partial charge in [-0.25, -0.2) is 0 Å². The fourth-order valence-electron chi connectivity index (χ4n) is 2.95. The van der Waals surface area contributed by atoms with E-state index in [4.69, 9.17) is 4.74 Å². The lowest BCUT2D eigenvalue weighted by Gasteiger charge is -2.23. The van der Waals surface area contributed by atoms with Crippen LogP contribution in [0.1, 0.15) is 33.1 Å². The van der Waals surface area contributed by atoms with E-state index in [9.17, 15) is 5.11 Å². The molecule has 3 heteroatoms. The second-order valence-corrected chi connectivity index (χ2v) is 6.54. The Kier molecular flexibility index (Phi) is 6.94. The maximum atomic E-state index is 9.88. The molecule has 1 aliphatic heterocycles. The zero-order valence-electron chi connectivity index (χ0n) is 13.8. The van der Waals surface area contributed by atoms with Crippen LogP contribution < -0.4 is 4.74 Å². The molecule has 0 unspecified atom stereocenters. The number of benzene rings is 1. The van der Waals surface area contributed by atoms with Crippen molar-refractivity contribution >= 4 is 0 Å². The Morgan fingerprint density at radius 3 is 2.82 bits per heavy atom. The molecule has 22 heavy (non-hydrogen) atoms. The van der Waals surface area contributed by atoms with Gasteiger partial charge in [-0.2, -0.15) is 0 Å². The number of aliphatic hydroxyl groups excluding tert-OH is 1. The van der Waals surface area contributed by atoms with Gasteiger partial charge in [0.2, 0.25) is 0 Å². The van der Waals surface area contributed by atoms with E-state index in [1.165, 1.54) is 12.8 Å². The molecule has 0 radical (unpaired) electrons. The van der Waals surface area contributed by atoms with E-state index in [1.807, 2.05) is 36.4 Å². The summed E-state index contributed by atoms with van der Waals surface area (Å²) >= 11 is 0. The zero-order chi connectivity index (χ0) is 15.8. The summed E-state index contributed by atoms with van der Waals surface area (Å²) in [4.78, 5) is 2.45. The average molecular weight is 303 g/mol. The number of nitrogens with zero attached hydrogens (tertiary/aromatic N) is 1. The molecule has 0 amide bonds. The second kappa shape index (κ2) is 8.96. The summed E-state index contributed by atoms with van der Waals surface area (Å²) < 4.78 is 5.89. The Morgan fingerprint density at radius 2 is 2.09 bits per heavy atom. The summed E-state index contributed by atoms with van der Waals surface area (Å²) in [5.41, 5.74) is 0. The van der Waals surface area contributed by atoms with E-state index in [1.54, 1.807) is 0 Å². The quantitative estimate of drug-likeness (QED) is 0.746. The highest BCUT2D eigenvalue weighted by molar-refractivity contribution is 5.21. The van der Waals surface area contributed by atoms with Crippen LogP contribution in [-0.4, -0.2) is 41.8 Å². The molecule has 3 nitrogen and oxygen atoms in total. The van der Waals surface area contributed by atoms with E-state index >= 15 is 0 Å². The van der Waals surface area contributed by atoms with Crippen LogP contribution >= 0.6 is 0 Å². The van der Waals surface area contributed by atoms with Crippen molar-refractivity contribution < 1.29 is 9.84 Å². The molecule has 1 aromatic carbocycles. The molecule has 0 aromatic heterocycles. The van der Waals surface area contributed by atoms with Gasteiger partial charge < -0.3 is 9.84 Å². The summed E-state index contributed by atoms with van der Waals surface area (Å²) in [6.45, 7) is 7.03. The second-order valence-electron chi connectivity index (χ2n) is 6.54. The monoisotopic (exact) mass is 303 g/mol. The predicted molar refractivity (Wildman–Crippen MR) is 91.1 cm³/mol. The lowest BCUT2D eigenvalue weighted by atomic mass is 10.1. The van der Waals surface area contributed by atoms with E-state index < -0.39 is 0 Å². The van der Waals surface area contributed by atoms with E-state index in [-0.39, 0.29) is 6.10 Å². The summed E-state index contributed by atoms with van der Waals surface area (Å²) in [6, 6.07) is 10.5. The molecule has 1 aliphatic rings. The van der Waals surface area contributed by atoms with Crippen LogP contribution in [0.5, 0.6) is 5.75 Å². The first-order valence-corrected chi connectivity index (χ1v) is 8.41. The molecule has 1 saturated heterocycles. The van der Waals surface area contributed by atoms with Gasteiger partial charge in [-0.1, -0.05) is 44.2 Å². The molecule has 1 aromatic rings.